The zero-order chi connectivity index (χ0) is 44.3. The zero-order valence-electron chi connectivity index (χ0n) is 36.7. The van der Waals surface area contributed by atoms with Gasteiger partial charge in [0.1, 0.15) is 0 Å². The second kappa shape index (κ2) is 16.0. The minimum absolute atomic E-state index is 0.523. The normalized spacial score (nSPS) is 12.6. The molecule has 67 heavy (non-hydrogen) atoms. The Balaban J connectivity index is 0.996. The van der Waals surface area contributed by atoms with E-state index in [-0.39, 0.29) is 0 Å². The van der Waals surface area contributed by atoms with E-state index in [4.69, 9.17) is 0 Å². The largest absolute Gasteiger partial charge is 0.309 e. The summed E-state index contributed by atoms with van der Waals surface area (Å²) in [6.45, 7) is 0. The average molecular weight is 870 g/mol. The molecule has 0 unspecified atom stereocenters. The molecular weight excluding hydrogens is 827 g/mol. The molecule has 0 amide bonds. The number of thiophene rings is 1. The van der Waals surface area contributed by atoms with Gasteiger partial charge < -0.3 is 4.90 Å². The van der Waals surface area contributed by atoms with Gasteiger partial charge in [-0.25, -0.2) is 0 Å². The molecule has 1 aliphatic rings. The van der Waals surface area contributed by atoms with Crippen molar-refractivity contribution in [2.24, 2.45) is 0 Å². The number of para-hydroxylation sites is 1. The predicted molar refractivity (Wildman–Crippen MR) is 285 cm³/mol. The van der Waals surface area contributed by atoms with Crippen LogP contribution in [-0.4, -0.2) is 0 Å². The summed E-state index contributed by atoms with van der Waals surface area (Å²) < 4.78 is 2.60. The van der Waals surface area contributed by atoms with Gasteiger partial charge in [0.2, 0.25) is 0 Å². The molecule has 0 radical (unpaired) electrons. The first kappa shape index (κ1) is 39.1. The van der Waals surface area contributed by atoms with Crippen LogP contribution in [0.1, 0.15) is 22.3 Å². The van der Waals surface area contributed by atoms with Crippen molar-refractivity contribution in [2.45, 2.75) is 5.41 Å². The van der Waals surface area contributed by atoms with E-state index in [1.807, 2.05) is 11.3 Å². The number of fused-ring (bicyclic) bond motifs is 7. The molecule has 314 valence electrons. The van der Waals surface area contributed by atoms with Gasteiger partial charge in [-0.15, -0.1) is 11.3 Å². The smallest absolute Gasteiger partial charge is 0.0714 e. The molecule has 0 atom stereocenters. The summed E-state index contributed by atoms with van der Waals surface area (Å²) in [4.78, 5) is 2.51. The molecule has 0 fully saturated rings. The Bertz CT molecular complexity index is 3750. The summed E-state index contributed by atoms with van der Waals surface area (Å²) in [7, 11) is 0. The molecule has 0 saturated carbocycles. The molecule has 1 nitrogen and oxygen atoms in total. The maximum Gasteiger partial charge on any atom is 0.0714 e. The summed E-state index contributed by atoms with van der Waals surface area (Å²) in [5, 5.41) is 5.12. The first-order valence-corrected chi connectivity index (χ1v) is 23.9. The number of nitrogens with zero attached hydrogens (tertiary/aromatic N) is 1. The lowest BCUT2D eigenvalue weighted by atomic mass is 9.68. The third kappa shape index (κ3) is 6.37. The molecule has 1 heterocycles. The van der Waals surface area contributed by atoms with Crippen molar-refractivity contribution in [1.29, 1.82) is 0 Å². The van der Waals surface area contributed by atoms with E-state index < -0.39 is 5.41 Å². The van der Waals surface area contributed by atoms with Crippen LogP contribution in [0, 0.1) is 0 Å². The molecular formula is C65H43NS. The maximum atomic E-state index is 2.51. The Morgan fingerprint density at radius 1 is 0.313 bits per heavy atom. The van der Waals surface area contributed by atoms with E-state index in [0.717, 1.165) is 17.1 Å². The minimum atomic E-state index is -0.523. The Morgan fingerprint density at radius 3 is 1.61 bits per heavy atom. The van der Waals surface area contributed by atoms with E-state index in [1.54, 1.807) is 0 Å². The lowest BCUT2D eigenvalue weighted by Gasteiger charge is -2.34. The molecule has 11 aromatic carbocycles. The Kier molecular flexibility index (Phi) is 9.33. The number of anilines is 3. The van der Waals surface area contributed by atoms with E-state index >= 15 is 0 Å². The van der Waals surface area contributed by atoms with Crippen LogP contribution in [0.25, 0.3) is 75.5 Å². The van der Waals surface area contributed by atoms with Gasteiger partial charge in [-0.05, 0) is 109 Å². The van der Waals surface area contributed by atoms with Crippen molar-refractivity contribution in [3.63, 3.8) is 0 Å². The minimum Gasteiger partial charge on any atom is -0.309 e. The fraction of sp³-hybridized carbons (Fsp3) is 0.0154. The van der Waals surface area contributed by atoms with Crippen LogP contribution in [0.5, 0.6) is 0 Å². The molecule has 12 aromatic rings. The highest BCUT2D eigenvalue weighted by molar-refractivity contribution is 7.25. The number of hydrogen-bond donors (Lipinski definition) is 0. The topological polar surface area (TPSA) is 3.24 Å². The summed E-state index contributed by atoms with van der Waals surface area (Å²) in [6, 6.07) is 96.4. The van der Waals surface area contributed by atoms with Gasteiger partial charge in [-0.2, -0.15) is 0 Å². The number of hydrogen-bond acceptors (Lipinski definition) is 2. The average Bonchev–Trinajstić information content (AvgIpc) is 3.93. The molecule has 0 saturated heterocycles. The monoisotopic (exact) mass is 869 g/mol. The second-order valence-electron chi connectivity index (χ2n) is 17.6. The van der Waals surface area contributed by atoms with Gasteiger partial charge in [0.05, 0.1) is 16.8 Å². The van der Waals surface area contributed by atoms with Crippen molar-refractivity contribution in [1.82, 2.24) is 0 Å². The van der Waals surface area contributed by atoms with Crippen molar-refractivity contribution in [3.05, 3.63) is 283 Å². The highest BCUT2D eigenvalue weighted by Crippen LogP contribution is 2.60. The third-order valence-corrected chi connectivity index (χ3v) is 15.1. The molecule has 0 aliphatic heterocycles. The maximum absolute atomic E-state index is 2.51. The molecule has 0 bridgehead atoms. The summed E-state index contributed by atoms with van der Waals surface area (Å²) in [5.74, 6) is 0. The van der Waals surface area contributed by atoms with Crippen molar-refractivity contribution >= 4 is 59.3 Å². The number of benzene rings is 11. The lowest BCUT2D eigenvalue weighted by Crippen LogP contribution is -2.28. The van der Waals surface area contributed by atoms with Crippen LogP contribution in [0.4, 0.5) is 17.1 Å². The Labute approximate surface area is 395 Å². The fourth-order valence-corrected chi connectivity index (χ4v) is 12.0. The molecule has 1 aromatic heterocycles. The second-order valence-corrected chi connectivity index (χ2v) is 18.7. The first-order chi connectivity index (χ1) is 33.2. The molecule has 1 aliphatic carbocycles. The lowest BCUT2D eigenvalue weighted by molar-refractivity contribution is 0.768. The van der Waals surface area contributed by atoms with Crippen LogP contribution in [0.3, 0.4) is 0 Å². The Hall–Kier alpha value is -8.30. The molecule has 0 N–H and O–H groups in total. The third-order valence-electron chi connectivity index (χ3n) is 14.0. The standard InChI is InChI=1S/C65H43NS/c1-3-18-51(19-4-1)65(52-20-5-2-6-21-52)58-25-12-9-24-57(58)64-59(65)26-15-28-61(64)66(60-27-13-10-22-54(60)50-38-41-56-55-23-11-14-29-62(55)67-63(56)43-50)53-39-36-46(37-40-53)45-30-32-47(33-31-45)49-35-34-44-16-7-8-17-48(44)42-49/h1-43H. The molecule has 13 rings (SSSR count). The summed E-state index contributed by atoms with van der Waals surface area (Å²) in [5.41, 5.74) is 17.6. The predicted octanol–water partition coefficient (Wildman–Crippen LogP) is 18.0. The van der Waals surface area contributed by atoms with E-state index in [1.165, 1.54) is 97.7 Å². The van der Waals surface area contributed by atoms with Crippen molar-refractivity contribution < 1.29 is 0 Å². The van der Waals surface area contributed by atoms with Gasteiger partial charge in [0.15, 0.2) is 0 Å². The number of rotatable bonds is 8. The van der Waals surface area contributed by atoms with E-state index in [0.29, 0.717) is 0 Å². The zero-order valence-corrected chi connectivity index (χ0v) is 37.5. The Morgan fingerprint density at radius 2 is 0.851 bits per heavy atom. The van der Waals surface area contributed by atoms with Crippen LogP contribution < -0.4 is 4.90 Å². The van der Waals surface area contributed by atoms with Crippen LogP contribution in [0.2, 0.25) is 0 Å². The van der Waals surface area contributed by atoms with Gasteiger partial charge in [0, 0.05) is 37.0 Å². The van der Waals surface area contributed by atoms with Crippen molar-refractivity contribution in [3.8, 4) is 44.5 Å². The summed E-state index contributed by atoms with van der Waals surface area (Å²) in [6.07, 6.45) is 0. The quantitative estimate of drug-likeness (QED) is 0.147. The van der Waals surface area contributed by atoms with Gasteiger partial charge in [0.25, 0.3) is 0 Å². The molecule has 2 heteroatoms. The highest BCUT2D eigenvalue weighted by atomic mass is 32.1. The van der Waals surface area contributed by atoms with Gasteiger partial charge in [-0.1, -0.05) is 218 Å². The van der Waals surface area contributed by atoms with E-state index in [9.17, 15) is 0 Å². The highest BCUT2D eigenvalue weighted by Gasteiger charge is 2.47. The van der Waals surface area contributed by atoms with Gasteiger partial charge >= 0.3 is 0 Å². The van der Waals surface area contributed by atoms with Gasteiger partial charge in [-0.3, -0.25) is 0 Å². The van der Waals surface area contributed by atoms with E-state index in [2.05, 4.69) is 266 Å². The SMILES string of the molecule is c1ccc(C2(c3ccccc3)c3ccccc3-c3c(N(c4ccc(-c5ccc(-c6ccc7ccccc7c6)cc5)cc4)c4ccccc4-c4ccc5c(c4)sc4ccccc45)cccc32)cc1. The van der Waals surface area contributed by atoms with Crippen LogP contribution in [0.15, 0.2) is 261 Å². The van der Waals surface area contributed by atoms with Crippen LogP contribution >= 0.6 is 11.3 Å². The summed E-state index contributed by atoms with van der Waals surface area (Å²) >= 11 is 1.87. The molecule has 0 spiro atoms. The van der Waals surface area contributed by atoms with Crippen molar-refractivity contribution in [2.75, 3.05) is 4.90 Å². The van der Waals surface area contributed by atoms with Crippen LogP contribution in [-0.2, 0) is 5.41 Å². The first-order valence-electron chi connectivity index (χ1n) is 23.1. The fourth-order valence-electron chi connectivity index (χ4n) is 10.9.